The third-order valence-corrected chi connectivity index (χ3v) is 2.87. The molecule has 0 aliphatic heterocycles. The highest BCUT2D eigenvalue weighted by molar-refractivity contribution is 5.70. The van der Waals surface area contributed by atoms with E-state index in [0.29, 0.717) is 0 Å². The zero-order valence-electron chi connectivity index (χ0n) is 7.86. The summed E-state index contributed by atoms with van der Waals surface area (Å²) < 4.78 is 0. The highest BCUT2D eigenvalue weighted by atomic mass is 16.4. The van der Waals surface area contributed by atoms with Crippen molar-refractivity contribution in [3.8, 4) is 0 Å². The van der Waals surface area contributed by atoms with Gasteiger partial charge in [-0.3, -0.25) is 4.79 Å². The number of aliphatic carboxylic acids is 1. The molecule has 3 heteroatoms. The Balaban J connectivity index is 2.22. The Morgan fingerprint density at radius 3 is 2.36 bits per heavy atom. The highest BCUT2D eigenvalue weighted by Gasteiger charge is 2.45. The summed E-state index contributed by atoms with van der Waals surface area (Å²) in [6.45, 7) is 0. The third-order valence-electron chi connectivity index (χ3n) is 2.87. The van der Waals surface area contributed by atoms with Gasteiger partial charge in [0.25, 0.3) is 0 Å². The average molecular weight is 191 g/mol. The molecule has 0 aromatic heterocycles. The van der Waals surface area contributed by atoms with Crippen LogP contribution in [0, 0.1) is 0 Å². The molecule has 0 saturated heterocycles. The molecule has 1 aliphatic carbocycles. The Hall–Kier alpha value is -1.51. The van der Waals surface area contributed by atoms with Crippen molar-refractivity contribution in [1.29, 1.82) is 0 Å². The first kappa shape index (κ1) is 9.06. The molecule has 0 atom stereocenters. The fourth-order valence-electron chi connectivity index (χ4n) is 1.84. The number of nitrogen functional groups attached to an aromatic ring is 1. The van der Waals surface area contributed by atoms with E-state index in [-0.39, 0.29) is 11.8 Å². The smallest absolute Gasteiger partial charge is 0.304 e. The number of carbonyl (C=O) groups is 1. The molecule has 1 aromatic rings. The second-order valence-corrected chi connectivity index (χ2v) is 3.97. The first-order chi connectivity index (χ1) is 6.62. The first-order valence-corrected chi connectivity index (χ1v) is 4.70. The van der Waals surface area contributed by atoms with Crippen LogP contribution in [0.1, 0.15) is 24.8 Å². The molecule has 0 unspecified atom stereocenters. The van der Waals surface area contributed by atoms with Crippen molar-refractivity contribution in [2.24, 2.45) is 0 Å². The largest absolute Gasteiger partial charge is 0.481 e. The summed E-state index contributed by atoms with van der Waals surface area (Å²) in [5, 5.41) is 8.78. The normalized spacial score (nSPS) is 17.7. The van der Waals surface area contributed by atoms with Gasteiger partial charge in [0.2, 0.25) is 0 Å². The van der Waals surface area contributed by atoms with E-state index in [0.717, 1.165) is 24.1 Å². The molecular formula is C11H13NO2. The molecule has 2 rings (SSSR count). The molecule has 0 bridgehead atoms. The van der Waals surface area contributed by atoms with E-state index in [4.69, 9.17) is 10.8 Å². The van der Waals surface area contributed by atoms with Crippen molar-refractivity contribution >= 4 is 11.7 Å². The van der Waals surface area contributed by atoms with Crippen LogP contribution in [-0.4, -0.2) is 11.1 Å². The minimum Gasteiger partial charge on any atom is -0.481 e. The van der Waals surface area contributed by atoms with Gasteiger partial charge in [0.05, 0.1) is 6.42 Å². The number of hydrogen-bond donors (Lipinski definition) is 2. The fourth-order valence-corrected chi connectivity index (χ4v) is 1.84. The zero-order valence-corrected chi connectivity index (χ0v) is 7.86. The number of carboxylic acids is 1. The van der Waals surface area contributed by atoms with Gasteiger partial charge in [-0.15, -0.1) is 0 Å². The lowest BCUT2D eigenvalue weighted by Gasteiger charge is -2.12. The van der Waals surface area contributed by atoms with Gasteiger partial charge in [0, 0.05) is 11.1 Å². The van der Waals surface area contributed by atoms with E-state index in [2.05, 4.69) is 0 Å². The molecule has 1 saturated carbocycles. The Morgan fingerprint density at radius 1 is 1.36 bits per heavy atom. The first-order valence-electron chi connectivity index (χ1n) is 4.70. The van der Waals surface area contributed by atoms with Crippen molar-refractivity contribution < 1.29 is 9.90 Å². The van der Waals surface area contributed by atoms with Gasteiger partial charge in [-0.05, 0) is 30.5 Å². The van der Waals surface area contributed by atoms with E-state index in [1.54, 1.807) is 0 Å². The molecule has 1 fully saturated rings. The second-order valence-electron chi connectivity index (χ2n) is 3.97. The van der Waals surface area contributed by atoms with Gasteiger partial charge in [0.1, 0.15) is 0 Å². The Labute approximate surface area is 82.5 Å². The standard InChI is InChI=1S/C11H13NO2/c12-9-3-1-8(2-4-9)11(5-6-11)7-10(13)14/h1-4H,5-7,12H2,(H,13,14). The lowest BCUT2D eigenvalue weighted by atomic mass is 9.92. The molecule has 0 amide bonds. The molecule has 0 heterocycles. The second kappa shape index (κ2) is 3.01. The highest BCUT2D eigenvalue weighted by Crippen LogP contribution is 2.51. The minimum absolute atomic E-state index is 0.0977. The molecular weight excluding hydrogens is 178 g/mol. The lowest BCUT2D eigenvalue weighted by molar-refractivity contribution is -0.137. The molecule has 74 valence electrons. The maximum atomic E-state index is 10.7. The van der Waals surface area contributed by atoms with Crippen LogP contribution in [0.4, 0.5) is 5.69 Å². The van der Waals surface area contributed by atoms with Gasteiger partial charge >= 0.3 is 5.97 Å². The average Bonchev–Trinajstić information content (AvgIpc) is 2.85. The number of rotatable bonds is 3. The van der Waals surface area contributed by atoms with E-state index in [1.165, 1.54) is 0 Å². The summed E-state index contributed by atoms with van der Waals surface area (Å²) >= 11 is 0. The number of anilines is 1. The van der Waals surface area contributed by atoms with E-state index in [9.17, 15) is 4.79 Å². The predicted molar refractivity (Wildman–Crippen MR) is 54.0 cm³/mol. The predicted octanol–water partition coefficient (Wildman–Crippen LogP) is 1.78. The lowest BCUT2D eigenvalue weighted by Crippen LogP contribution is -2.12. The zero-order chi connectivity index (χ0) is 10.2. The molecule has 0 spiro atoms. The number of benzene rings is 1. The van der Waals surface area contributed by atoms with Crippen LogP contribution in [0.25, 0.3) is 0 Å². The summed E-state index contributed by atoms with van der Waals surface area (Å²) in [6.07, 6.45) is 2.18. The molecule has 14 heavy (non-hydrogen) atoms. The van der Waals surface area contributed by atoms with Gasteiger partial charge < -0.3 is 10.8 Å². The van der Waals surface area contributed by atoms with Crippen LogP contribution >= 0.6 is 0 Å². The van der Waals surface area contributed by atoms with Crippen molar-refractivity contribution in [2.45, 2.75) is 24.7 Å². The molecule has 1 aliphatic rings. The van der Waals surface area contributed by atoms with Crippen molar-refractivity contribution in [2.75, 3.05) is 5.73 Å². The Bertz CT molecular complexity index is 352. The van der Waals surface area contributed by atoms with Crippen LogP contribution in [0.3, 0.4) is 0 Å². The fraction of sp³-hybridized carbons (Fsp3) is 0.364. The SMILES string of the molecule is Nc1ccc(C2(CC(=O)O)CC2)cc1. The summed E-state index contributed by atoms with van der Waals surface area (Å²) in [4.78, 5) is 10.7. The Morgan fingerprint density at radius 2 is 1.93 bits per heavy atom. The minimum atomic E-state index is -0.723. The van der Waals surface area contributed by atoms with Crippen LogP contribution in [0.5, 0.6) is 0 Å². The summed E-state index contributed by atoms with van der Waals surface area (Å²) in [5.41, 5.74) is 7.31. The Kier molecular flexibility index (Phi) is 1.95. The van der Waals surface area contributed by atoms with Crippen molar-refractivity contribution in [3.63, 3.8) is 0 Å². The quantitative estimate of drug-likeness (QED) is 0.716. The van der Waals surface area contributed by atoms with Crippen LogP contribution in [0.2, 0.25) is 0 Å². The summed E-state index contributed by atoms with van der Waals surface area (Å²) in [5.74, 6) is -0.723. The number of carboxylic acid groups (broad SMARTS) is 1. The van der Waals surface area contributed by atoms with Crippen LogP contribution in [0.15, 0.2) is 24.3 Å². The van der Waals surface area contributed by atoms with E-state index >= 15 is 0 Å². The van der Waals surface area contributed by atoms with Crippen LogP contribution < -0.4 is 5.73 Å². The maximum absolute atomic E-state index is 10.7. The van der Waals surface area contributed by atoms with Gasteiger partial charge in [0.15, 0.2) is 0 Å². The number of nitrogens with two attached hydrogens (primary N) is 1. The summed E-state index contributed by atoms with van der Waals surface area (Å²) in [6, 6.07) is 7.53. The van der Waals surface area contributed by atoms with Crippen molar-refractivity contribution in [3.05, 3.63) is 29.8 Å². The van der Waals surface area contributed by atoms with E-state index < -0.39 is 5.97 Å². The number of hydrogen-bond acceptors (Lipinski definition) is 2. The topological polar surface area (TPSA) is 63.3 Å². The molecule has 3 nitrogen and oxygen atoms in total. The van der Waals surface area contributed by atoms with Gasteiger partial charge in [-0.2, -0.15) is 0 Å². The molecule has 0 radical (unpaired) electrons. The molecule has 1 aromatic carbocycles. The van der Waals surface area contributed by atoms with Gasteiger partial charge in [-0.25, -0.2) is 0 Å². The monoisotopic (exact) mass is 191 g/mol. The summed E-state index contributed by atoms with van der Waals surface area (Å²) in [7, 11) is 0. The van der Waals surface area contributed by atoms with Crippen LogP contribution in [-0.2, 0) is 10.2 Å². The van der Waals surface area contributed by atoms with E-state index in [1.807, 2.05) is 24.3 Å². The van der Waals surface area contributed by atoms with Crippen molar-refractivity contribution in [1.82, 2.24) is 0 Å². The maximum Gasteiger partial charge on any atom is 0.304 e. The van der Waals surface area contributed by atoms with Gasteiger partial charge in [-0.1, -0.05) is 12.1 Å². The molecule has 3 N–H and O–H groups in total. The third kappa shape index (κ3) is 1.58.